The number of ether oxygens (including phenoxy) is 1. The number of nitrogens with one attached hydrogen (secondary N) is 1. The topological polar surface area (TPSA) is 98.5 Å². The van der Waals surface area contributed by atoms with Crippen molar-refractivity contribution in [3.05, 3.63) is 48.0 Å². The van der Waals surface area contributed by atoms with Gasteiger partial charge in [-0.2, -0.15) is 0 Å². The van der Waals surface area contributed by atoms with E-state index < -0.39 is 16.0 Å². The van der Waals surface area contributed by atoms with E-state index in [4.69, 9.17) is 9.26 Å². The van der Waals surface area contributed by atoms with E-state index in [0.29, 0.717) is 34.4 Å². The van der Waals surface area contributed by atoms with Crippen LogP contribution in [0.4, 0.5) is 0 Å². The highest BCUT2D eigenvalue weighted by molar-refractivity contribution is 7.89. The molecule has 1 fully saturated rings. The van der Waals surface area contributed by atoms with Crippen molar-refractivity contribution in [2.45, 2.75) is 37.1 Å². The van der Waals surface area contributed by atoms with Gasteiger partial charge in [-0.3, -0.25) is 0 Å². The van der Waals surface area contributed by atoms with Crippen LogP contribution >= 0.6 is 0 Å². The highest BCUT2D eigenvalue weighted by Crippen LogP contribution is 2.36. The molecule has 8 heteroatoms. The first-order chi connectivity index (χ1) is 13.3. The summed E-state index contributed by atoms with van der Waals surface area (Å²) in [5, 5.41) is 4.67. The van der Waals surface area contributed by atoms with Gasteiger partial charge in [-0.25, -0.2) is 17.9 Å². The van der Waals surface area contributed by atoms with Gasteiger partial charge in [0.2, 0.25) is 10.0 Å². The van der Waals surface area contributed by atoms with Crippen LogP contribution in [0.25, 0.3) is 22.2 Å². The minimum Gasteiger partial charge on any atom is -0.462 e. The van der Waals surface area contributed by atoms with Gasteiger partial charge in [-0.1, -0.05) is 17.3 Å². The molecule has 0 saturated heterocycles. The lowest BCUT2D eigenvalue weighted by atomic mass is 10.1. The average Bonchev–Trinajstić information content (AvgIpc) is 3.23. The molecule has 146 valence electrons. The first-order valence-corrected chi connectivity index (χ1v) is 10.5. The van der Waals surface area contributed by atoms with Gasteiger partial charge in [0.05, 0.1) is 22.5 Å². The van der Waals surface area contributed by atoms with E-state index in [1.807, 2.05) is 6.92 Å². The molecule has 0 spiro atoms. The fourth-order valence-corrected chi connectivity index (χ4v) is 4.44. The maximum atomic E-state index is 12.7. The Morgan fingerprint density at radius 2 is 1.93 bits per heavy atom. The van der Waals surface area contributed by atoms with Crippen molar-refractivity contribution in [1.82, 2.24) is 9.88 Å². The van der Waals surface area contributed by atoms with Crippen LogP contribution in [0, 0.1) is 0 Å². The Labute approximate surface area is 162 Å². The number of benzene rings is 2. The summed E-state index contributed by atoms with van der Waals surface area (Å²) < 4.78 is 38.4. The SMILES string of the molecule is CCOC(=O)c1ccc(-c2noc3ccc(S(=O)(=O)NC4(C)CC4)cc23)cc1. The van der Waals surface area contributed by atoms with Crippen LogP contribution in [0.1, 0.15) is 37.0 Å². The van der Waals surface area contributed by atoms with Gasteiger partial charge in [0.1, 0.15) is 5.69 Å². The van der Waals surface area contributed by atoms with Gasteiger partial charge in [-0.15, -0.1) is 0 Å². The molecule has 0 aliphatic heterocycles. The first kappa shape index (κ1) is 18.6. The molecule has 1 N–H and O–H groups in total. The molecule has 1 aliphatic carbocycles. The maximum Gasteiger partial charge on any atom is 0.338 e. The summed E-state index contributed by atoms with van der Waals surface area (Å²) in [7, 11) is -3.63. The third kappa shape index (κ3) is 3.53. The minimum absolute atomic E-state index is 0.167. The van der Waals surface area contributed by atoms with E-state index in [1.165, 1.54) is 6.07 Å². The van der Waals surface area contributed by atoms with Crippen molar-refractivity contribution in [2.75, 3.05) is 6.61 Å². The third-order valence-corrected chi connectivity index (χ3v) is 6.44. The number of sulfonamides is 1. The normalized spacial score (nSPS) is 15.5. The predicted molar refractivity (Wildman–Crippen MR) is 103 cm³/mol. The summed E-state index contributed by atoms with van der Waals surface area (Å²) in [4.78, 5) is 12.0. The Kier molecular flexibility index (Phi) is 4.47. The van der Waals surface area contributed by atoms with Gasteiger partial charge in [0, 0.05) is 11.1 Å². The van der Waals surface area contributed by atoms with E-state index in [9.17, 15) is 13.2 Å². The van der Waals surface area contributed by atoms with Crippen molar-refractivity contribution in [3.63, 3.8) is 0 Å². The van der Waals surface area contributed by atoms with Crippen molar-refractivity contribution < 1.29 is 22.5 Å². The summed E-state index contributed by atoms with van der Waals surface area (Å²) in [6, 6.07) is 11.4. The minimum atomic E-state index is -3.63. The van der Waals surface area contributed by atoms with Gasteiger partial charge in [0.25, 0.3) is 0 Å². The van der Waals surface area contributed by atoms with Gasteiger partial charge in [0.15, 0.2) is 5.58 Å². The predicted octanol–water partition coefficient (Wildman–Crippen LogP) is 3.50. The quantitative estimate of drug-likeness (QED) is 0.636. The molecule has 2 aromatic carbocycles. The van der Waals surface area contributed by atoms with Crippen LogP contribution < -0.4 is 4.72 Å². The molecular formula is C20H20N2O5S. The Morgan fingerprint density at radius 3 is 2.57 bits per heavy atom. The van der Waals surface area contributed by atoms with E-state index in [2.05, 4.69) is 9.88 Å². The second kappa shape index (κ2) is 6.72. The molecule has 3 aromatic rings. The first-order valence-electron chi connectivity index (χ1n) is 9.02. The number of fused-ring (bicyclic) bond motifs is 1. The van der Waals surface area contributed by atoms with Crippen molar-refractivity contribution in [1.29, 1.82) is 0 Å². The number of esters is 1. The molecular weight excluding hydrogens is 380 g/mol. The average molecular weight is 400 g/mol. The van der Waals surface area contributed by atoms with Gasteiger partial charge >= 0.3 is 5.97 Å². The molecule has 1 heterocycles. The Balaban J connectivity index is 1.69. The Hall–Kier alpha value is -2.71. The largest absolute Gasteiger partial charge is 0.462 e. The third-order valence-electron chi connectivity index (χ3n) is 4.80. The number of hydrogen-bond acceptors (Lipinski definition) is 6. The number of carbonyl (C=O) groups excluding carboxylic acids is 1. The lowest BCUT2D eigenvalue weighted by molar-refractivity contribution is 0.0526. The Bertz CT molecular complexity index is 1150. The van der Waals surface area contributed by atoms with Crippen molar-refractivity contribution in [2.24, 2.45) is 0 Å². The summed E-state index contributed by atoms with van der Waals surface area (Å²) in [5.74, 6) is -0.396. The molecule has 0 unspecified atom stereocenters. The van der Waals surface area contributed by atoms with E-state index in [1.54, 1.807) is 43.3 Å². The van der Waals surface area contributed by atoms with E-state index in [0.717, 1.165) is 12.8 Å². The second-order valence-electron chi connectivity index (χ2n) is 7.15. The fourth-order valence-electron chi connectivity index (χ4n) is 2.94. The zero-order valence-electron chi connectivity index (χ0n) is 15.6. The molecule has 0 atom stereocenters. The highest BCUT2D eigenvalue weighted by Gasteiger charge is 2.41. The monoisotopic (exact) mass is 400 g/mol. The summed E-state index contributed by atoms with van der Waals surface area (Å²) in [5.41, 5.74) is 1.79. The maximum absolute atomic E-state index is 12.7. The molecule has 1 saturated carbocycles. The Morgan fingerprint density at radius 1 is 1.21 bits per heavy atom. The molecule has 28 heavy (non-hydrogen) atoms. The van der Waals surface area contributed by atoms with Crippen molar-refractivity contribution >= 4 is 27.0 Å². The molecule has 0 bridgehead atoms. The standard InChI is InChI=1S/C20H20N2O5S/c1-3-26-19(23)14-6-4-13(5-7-14)18-16-12-15(8-9-17(16)27-21-18)28(24,25)22-20(2)10-11-20/h4-9,12,22H,3,10-11H2,1-2H3. The number of aromatic nitrogens is 1. The van der Waals surface area contributed by atoms with Gasteiger partial charge in [-0.05, 0) is 57.0 Å². The van der Waals surface area contributed by atoms with Crippen LogP contribution in [0.2, 0.25) is 0 Å². The number of rotatable bonds is 6. The molecule has 4 rings (SSSR count). The van der Waals surface area contributed by atoms with E-state index >= 15 is 0 Å². The second-order valence-corrected chi connectivity index (χ2v) is 8.84. The number of hydrogen-bond donors (Lipinski definition) is 1. The fraction of sp³-hybridized carbons (Fsp3) is 0.300. The van der Waals surface area contributed by atoms with Crippen LogP contribution in [0.5, 0.6) is 0 Å². The van der Waals surface area contributed by atoms with Crippen LogP contribution in [0.3, 0.4) is 0 Å². The smallest absolute Gasteiger partial charge is 0.338 e. The molecule has 7 nitrogen and oxygen atoms in total. The molecule has 1 aliphatic rings. The zero-order chi connectivity index (χ0) is 19.9. The number of nitrogens with zero attached hydrogens (tertiary/aromatic N) is 1. The molecule has 0 amide bonds. The molecule has 1 aromatic heterocycles. The lowest BCUT2D eigenvalue weighted by Crippen LogP contribution is -2.34. The summed E-state index contributed by atoms with van der Waals surface area (Å²) >= 11 is 0. The van der Waals surface area contributed by atoms with Gasteiger partial charge < -0.3 is 9.26 Å². The highest BCUT2D eigenvalue weighted by atomic mass is 32.2. The lowest BCUT2D eigenvalue weighted by Gasteiger charge is -2.12. The zero-order valence-corrected chi connectivity index (χ0v) is 16.4. The summed E-state index contributed by atoms with van der Waals surface area (Å²) in [6.07, 6.45) is 1.67. The summed E-state index contributed by atoms with van der Waals surface area (Å²) in [6.45, 7) is 3.94. The van der Waals surface area contributed by atoms with Crippen LogP contribution in [-0.2, 0) is 14.8 Å². The van der Waals surface area contributed by atoms with Crippen LogP contribution in [-0.4, -0.2) is 31.7 Å². The van der Waals surface area contributed by atoms with Crippen LogP contribution in [0.15, 0.2) is 51.9 Å². The molecule has 0 radical (unpaired) electrons. The van der Waals surface area contributed by atoms with E-state index in [-0.39, 0.29) is 10.4 Å². The van der Waals surface area contributed by atoms with Crippen molar-refractivity contribution in [3.8, 4) is 11.3 Å². The number of carbonyl (C=O) groups is 1.